The Kier molecular flexibility index (Phi) is 5.51. The molecule has 1 saturated carbocycles. The van der Waals surface area contributed by atoms with E-state index in [0.29, 0.717) is 16.7 Å². The molecular weight excluding hydrogens is 366 g/mol. The second kappa shape index (κ2) is 7.66. The van der Waals surface area contributed by atoms with Gasteiger partial charge in [0.1, 0.15) is 5.82 Å². The van der Waals surface area contributed by atoms with Crippen LogP contribution in [0, 0.1) is 5.82 Å². The summed E-state index contributed by atoms with van der Waals surface area (Å²) < 4.78 is 58.3. The number of halogens is 4. The molecular formula is C19H15F4NOS. The van der Waals surface area contributed by atoms with Crippen molar-refractivity contribution in [2.75, 3.05) is 0 Å². The molecule has 7 heteroatoms. The predicted octanol–water partition coefficient (Wildman–Crippen LogP) is 5.66. The third kappa shape index (κ3) is 4.36. The Morgan fingerprint density at radius 2 is 1.85 bits per heavy atom. The van der Waals surface area contributed by atoms with Crippen LogP contribution < -0.4 is 0 Å². The van der Waals surface area contributed by atoms with Crippen LogP contribution in [0.1, 0.15) is 24.0 Å². The van der Waals surface area contributed by atoms with Crippen LogP contribution in [0.5, 0.6) is 0 Å². The number of rotatable bonds is 5. The van der Waals surface area contributed by atoms with Crippen LogP contribution >= 0.6 is 12.2 Å². The van der Waals surface area contributed by atoms with E-state index >= 15 is 0 Å². The Labute approximate surface area is 153 Å². The third-order valence-electron chi connectivity index (χ3n) is 4.36. The van der Waals surface area contributed by atoms with Crippen LogP contribution in [0.3, 0.4) is 0 Å². The first kappa shape index (κ1) is 18.7. The highest BCUT2D eigenvalue weighted by Gasteiger charge is 2.31. The molecule has 1 fully saturated rings. The molecule has 2 aromatic carbocycles. The molecule has 0 heterocycles. The van der Waals surface area contributed by atoms with Crippen molar-refractivity contribution in [2.24, 2.45) is 4.99 Å². The molecule has 0 radical (unpaired) electrons. The summed E-state index contributed by atoms with van der Waals surface area (Å²) in [5, 5.41) is 2.33. The van der Waals surface area contributed by atoms with Crippen molar-refractivity contribution in [2.45, 2.75) is 37.8 Å². The Bertz CT molecular complexity index is 840. The van der Waals surface area contributed by atoms with Crippen LogP contribution in [0.25, 0.3) is 11.1 Å². The van der Waals surface area contributed by atoms with Gasteiger partial charge in [0, 0.05) is 5.56 Å². The number of nitrogens with zero attached hydrogens (tertiary/aromatic N) is 1. The van der Waals surface area contributed by atoms with Crippen molar-refractivity contribution in [3.05, 3.63) is 59.4 Å². The summed E-state index contributed by atoms with van der Waals surface area (Å²) >= 11 is 4.54. The highest BCUT2D eigenvalue weighted by Crippen LogP contribution is 2.33. The molecule has 26 heavy (non-hydrogen) atoms. The first-order valence-corrected chi connectivity index (χ1v) is 8.42. The fourth-order valence-electron chi connectivity index (χ4n) is 2.78. The van der Waals surface area contributed by atoms with Crippen molar-refractivity contribution in [3.8, 4) is 11.1 Å². The van der Waals surface area contributed by atoms with Crippen LogP contribution in [0.4, 0.5) is 17.6 Å². The van der Waals surface area contributed by atoms with Gasteiger partial charge in [-0.1, -0.05) is 24.3 Å². The van der Waals surface area contributed by atoms with Gasteiger partial charge in [0.15, 0.2) is 0 Å². The minimum absolute atomic E-state index is 0.00893. The number of alkyl halides is 3. The SMILES string of the molecule is Fc1cc(-c2cccc(C(F)(F)F)c2)ccc1COC1CC(N=C=S)C1. The number of isothiocyanates is 1. The van der Waals surface area contributed by atoms with Gasteiger partial charge in [0.05, 0.1) is 29.5 Å². The van der Waals surface area contributed by atoms with E-state index < -0.39 is 17.6 Å². The maximum absolute atomic E-state index is 14.3. The first-order valence-electron chi connectivity index (χ1n) is 8.01. The van der Waals surface area contributed by atoms with Crippen LogP contribution in [0.15, 0.2) is 47.5 Å². The van der Waals surface area contributed by atoms with Crippen LogP contribution in [0.2, 0.25) is 0 Å². The molecule has 1 aliphatic carbocycles. The average molecular weight is 381 g/mol. The number of aliphatic imine (C=N–C) groups is 1. The molecule has 0 atom stereocenters. The molecule has 0 aliphatic heterocycles. The predicted molar refractivity (Wildman–Crippen MR) is 93.5 cm³/mol. The minimum Gasteiger partial charge on any atom is -0.373 e. The zero-order valence-electron chi connectivity index (χ0n) is 13.6. The second-order valence-electron chi connectivity index (χ2n) is 6.16. The van der Waals surface area contributed by atoms with E-state index in [9.17, 15) is 17.6 Å². The topological polar surface area (TPSA) is 21.6 Å². The first-order chi connectivity index (χ1) is 12.4. The normalized spacial score (nSPS) is 19.5. The molecule has 0 unspecified atom stereocenters. The standard InChI is InChI=1S/C19H15F4NOS/c20-18-7-13(12-2-1-3-15(6-12)19(21,22)23)4-5-14(18)10-25-17-8-16(9-17)24-11-26/h1-7,16-17H,8-10H2. The zero-order valence-corrected chi connectivity index (χ0v) is 14.4. The van der Waals surface area contributed by atoms with Gasteiger partial charge in [-0.3, -0.25) is 0 Å². The number of benzene rings is 2. The van der Waals surface area contributed by atoms with Gasteiger partial charge < -0.3 is 4.74 Å². The molecule has 2 nitrogen and oxygen atoms in total. The molecule has 3 rings (SSSR count). The third-order valence-corrected chi connectivity index (χ3v) is 4.46. The second-order valence-corrected chi connectivity index (χ2v) is 6.35. The summed E-state index contributed by atoms with van der Waals surface area (Å²) in [5.74, 6) is -0.507. The average Bonchev–Trinajstić information content (AvgIpc) is 2.57. The van der Waals surface area contributed by atoms with E-state index in [1.807, 2.05) is 0 Å². The van der Waals surface area contributed by atoms with Crippen molar-refractivity contribution < 1.29 is 22.3 Å². The van der Waals surface area contributed by atoms with Gasteiger partial charge in [-0.05, 0) is 54.4 Å². The van der Waals surface area contributed by atoms with Gasteiger partial charge >= 0.3 is 6.18 Å². The van der Waals surface area contributed by atoms with Crippen LogP contribution in [-0.4, -0.2) is 17.3 Å². The number of ether oxygens (including phenoxy) is 1. The van der Waals surface area contributed by atoms with Crippen molar-refractivity contribution >= 4 is 17.4 Å². The van der Waals surface area contributed by atoms with Crippen molar-refractivity contribution in [1.29, 1.82) is 0 Å². The molecule has 0 N–H and O–H groups in total. The van der Waals surface area contributed by atoms with Gasteiger partial charge in [-0.25, -0.2) is 9.38 Å². The number of hydrogen-bond donors (Lipinski definition) is 0. The minimum atomic E-state index is -4.43. The zero-order chi connectivity index (χ0) is 18.7. The molecule has 0 saturated heterocycles. The van der Waals surface area contributed by atoms with Gasteiger partial charge in [0.2, 0.25) is 0 Å². The Morgan fingerprint density at radius 3 is 2.50 bits per heavy atom. The largest absolute Gasteiger partial charge is 0.416 e. The van der Waals surface area contributed by atoms with E-state index in [-0.39, 0.29) is 18.8 Å². The Hall–Kier alpha value is -2.08. The Balaban J connectivity index is 1.67. The molecule has 2 aromatic rings. The lowest BCUT2D eigenvalue weighted by Gasteiger charge is -2.31. The summed E-state index contributed by atoms with van der Waals surface area (Å²) in [4.78, 5) is 3.95. The van der Waals surface area contributed by atoms with Gasteiger partial charge in [-0.2, -0.15) is 13.2 Å². The highest BCUT2D eigenvalue weighted by atomic mass is 32.1. The number of thiocarbonyl (C=S) groups is 1. The highest BCUT2D eigenvalue weighted by molar-refractivity contribution is 7.78. The molecule has 0 amide bonds. The van der Waals surface area contributed by atoms with E-state index in [0.717, 1.165) is 25.0 Å². The molecule has 1 aliphatic rings. The fourth-order valence-corrected chi connectivity index (χ4v) is 2.93. The van der Waals surface area contributed by atoms with E-state index in [2.05, 4.69) is 22.4 Å². The summed E-state index contributed by atoms with van der Waals surface area (Å²) in [5.41, 5.74) is 0.297. The monoisotopic (exact) mass is 381 g/mol. The summed E-state index contributed by atoms with van der Waals surface area (Å²) in [6.45, 7) is 0.105. The maximum atomic E-state index is 14.3. The van der Waals surface area contributed by atoms with E-state index in [1.165, 1.54) is 24.3 Å². The van der Waals surface area contributed by atoms with Gasteiger partial charge in [-0.15, -0.1) is 0 Å². The van der Waals surface area contributed by atoms with E-state index in [4.69, 9.17) is 4.74 Å². The lowest BCUT2D eigenvalue weighted by atomic mass is 9.90. The van der Waals surface area contributed by atoms with Crippen molar-refractivity contribution in [3.63, 3.8) is 0 Å². The lowest BCUT2D eigenvalue weighted by molar-refractivity contribution is -0.137. The fraction of sp³-hybridized carbons (Fsp3) is 0.316. The number of hydrogen-bond acceptors (Lipinski definition) is 3. The van der Waals surface area contributed by atoms with Crippen LogP contribution in [-0.2, 0) is 17.5 Å². The molecule has 0 spiro atoms. The lowest BCUT2D eigenvalue weighted by Crippen LogP contribution is -2.34. The quantitative estimate of drug-likeness (QED) is 0.379. The van der Waals surface area contributed by atoms with Gasteiger partial charge in [0.25, 0.3) is 0 Å². The Morgan fingerprint density at radius 1 is 1.12 bits per heavy atom. The van der Waals surface area contributed by atoms with E-state index in [1.54, 1.807) is 6.07 Å². The van der Waals surface area contributed by atoms with Crippen molar-refractivity contribution in [1.82, 2.24) is 0 Å². The summed E-state index contributed by atoms with van der Waals surface area (Å²) in [6, 6.07) is 9.32. The smallest absolute Gasteiger partial charge is 0.373 e. The molecule has 0 bridgehead atoms. The maximum Gasteiger partial charge on any atom is 0.416 e. The molecule has 136 valence electrons. The molecule has 0 aromatic heterocycles. The summed E-state index contributed by atoms with van der Waals surface area (Å²) in [6.07, 6.45) is -2.97. The summed E-state index contributed by atoms with van der Waals surface area (Å²) in [7, 11) is 0.